The lowest BCUT2D eigenvalue weighted by atomic mass is 10.2. The summed E-state index contributed by atoms with van der Waals surface area (Å²) in [5.41, 5.74) is -1.90. The van der Waals surface area contributed by atoms with Crippen LogP contribution in [0.4, 0.5) is 17.6 Å². The summed E-state index contributed by atoms with van der Waals surface area (Å²) >= 11 is 7.20. The zero-order valence-corrected chi connectivity index (χ0v) is 23.2. The molecule has 1 unspecified atom stereocenters. The number of hydrogen-bond acceptors (Lipinski definition) is 8. The molecule has 0 aliphatic heterocycles. The van der Waals surface area contributed by atoms with Crippen molar-refractivity contribution in [3.63, 3.8) is 0 Å². The lowest BCUT2D eigenvalue weighted by Crippen LogP contribution is -2.52. The molecule has 38 heavy (non-hydrogen) atoms. The highest BCUT2D eigenvalue weighted by molar-refractivity contribution is 7.92. The number of rotatable bonds is 10. The summed E-state index contributed by atoms with van der Waals surface area (Å²) in [5, 5.41) is 0.562. The highest BCUT2D eigenvalue weighted by atomic mass is 35.5. The van der Waals surface area contributed by atoms with E-state index in [1.807, 2.05) is 4.72 Å². The van der Waals surface area contributed by atoms with Gasteiger partial charge in [0.25, 0.3) is 19.9 Å². The molecule has 19 heteroatoms. The molecule has 2 aromatic carbocycles. The first-order chi connectivity index (χ1) is 17.4. The predicted octanol–water partition coefficient (Wildman–Crippen LogP) is 3.42. The zero-order valence-electron chi connectivity index (χ0n) is 19.1. The predicted molar refractivity (Wildman–Crippen MR) is 130 cm³/mol. The number of ether oxygens (including phenoxy) is 1. The van der Waals surface area contributed by atoms with E-state index in [0.29, 0.717) is 28.4 Å². The van der Waals surface area contributed by atoms with Gasteiger partial charge in [0.15, 0.2) is 0 Å². The molecule has 0 spiro atoms. The molecule has 1 aromatic heterocycles. The van der Waals surface area contributed by atoms with Gasteiger partial charge in [0, 0.05) is 16.2 Å². The quantitative estimate of drug-likeness (QED) is 0.224. The molecule has 0 amide bonds. The molecule has 0 fully saturated rings. The maximum Gasteiger partial charge on any atom is 0.502 e. The van der Waals surface area contributed by atoms with E-state index in [-0.39, 0.29) is 33.5 Å². The molecule has 0 radical (unpaired) electrons. The Morgan fingerprint density at radius 2 is 1.84 bits per heavy atom. The fourth-order valence-electron chi connectivity index (χ4n) is 3.11. The minimum Gasteiger partial charge on any atom is -0.486 e. The third-order valence-corrected chi connectivity index (χ3v) is 11.2. The molecule has 0 aliphatic carbocycles. The molecule has 3 rings (SSSR count). The molecule has 210 valence electrons. The Balaban J connectivity index is 1.81. The minimum atomic E-state index is -6.03. The molecule has 10 nitrogen and oxygen atoms in total. The Labute approximate surface area is 222 Å². The summed E-state index contributed by atoms with van der Waals surface area (Å²) in [5.74, 6) is -2.39. The molecule has 5 N–H and O–H groups in total. The Morgan fingerprint density at radius 3 is 2.42 bits per heavy atom. The number of halogens is 5. The van der Waals surface area contributed by atoms with Gasteiger partial charge in [-0.05, 0) is 36.8 Å². The molecule has 1 atom stereocenters. The van der Waals surface area contributed by atoms with E-state index in [9.17, 15) is 43.9 Å². The number of alkyl halides is 3. The van der Waals surface area contributed by atoms with Crippen LogP contribution in [0.3, 0.4) is 0 Å². The van der Waals surface area contributed by atoms with Gasteiger partial charge in [-0.3, -0.25) is 0 Å². The first kappa shape index (κ1) is 30.6. The first-order valence-electron chi connectivity index (χ1n) is 10.2. The minimum absolute atomic E-state index is 0.155. The summed E-state index contributed by atoms with van der Waals surface area (Å²) in [6.07, 6.45) is -1.21. The standard InChI is InChI=1S/C19H18ClF4N2O8PS3/c1-10-16-14(4-3-13(17(16)20)33-7-6-25)36-18(10)38(31,32)26-9-35(27,28)34-11-2-5-15(12(21)8-11)37(29,30)19(22,23)24/h2-5,8,26H,6-7,9,25H2,1H3,(H,27,28)/p+1. The fraction of sp³-hybridized carbons (Fsp3) is 0.263. The van der Waals surface area contributed by atoms with Gasteiger partial charge >= 0.3 is 13.1 Å². The average Bonchev–Trinajstić information content (AvgIpc) is 3.14. The topological polar surface area (TPSA) is 164 Å². The number of thiophene rings is 1. The van der Waals surface area contributed by atoms with Crippen LogP contribution in [-0.4, -0.2) is 46.7 Å². The molecule has 0 bridgehead atoms. The van der Waals surface area contributed by atoms with Crippen LogP contribution in [0.2, 0.25) is 5.02 Å². The third-order valence-electron chi connectivity index (χ3n) is 4.80. The number of aryl methyl sites for hydroxylation is 1. The number of nitrogens with one attached hydrogen (secondary N) is 1. The maximum absolute atomic E-state index is 14.1. The summed E-state index contributed by atoms with van der Waals surface area (Å²) in [4.78, 5) is 8.33. The summed E-state index contributed by atoms with van der Waals surface area (Å²) in [6, 6.07) is 4.03. The van der Waals surface area contributed by atoms with Crippen LogP contribution >= 0.6 is 30.5 Å². The molecular weight excluding hydrogens is 623 g/mol. The Hall–Kier alpha value is -1.98. The Morgan fingerprint density at radius 1 is 1.18 bits per heavy atom. The van der Waals surface area contributed by atoms with Crippen molar-refractivity contribution < 1.29 is 58.8 Å². The summed E-state index contributed by atoms with van der Waals surface area (Å²) < 4.78 is 125. The van der Waals surface area contributed by atoms with Gasteiger partial charge in [-0.25, -0.2) is 25.8 Å². The van der Waals surface area contributed by atoms with Gasteiger partial charge in [0.2, 0.25) is 0 Å². The SMILES string of the molecule is Cc1c(S(=O)(=O)NCP(=O)(O)Oc2ccc(S(=O)(=O)C(F)(F)F)c(F)c2)sc2ccc(OCC[NH3+])c(Cl)c12. The van der Waals surface area contributed by atoms with E-state index in [1.54, 1.807) is 12.1 Å². The fourth-order valence-corrected chi connectivity index (χ4v) is 8.65. The zero-order chi connectivity index (χ0) is 28.7. The van der Waals surface area contributed by atoms with Gasteiger partial charge < -0.3 is 19.9 Å². The van der Waals surface area contributed by atoms with Crippen molar-refractivity contribution in [3.8, 4) is 11.5 Å². The second-order valence-electron chi connectivity index (χ2n) is 7.54. The van der Waals surface area contributed by atoms with Crippen LogP contribution in [0, 0.1) is 12.7 Å². The largest absolute Gasteiger partial charge is 0.502 e. The van der Waals surface area contributed by atoms with Crippen molar-refractivity contribution in [1.29, 1.82) is 0 Å². The molecule has 0 aliphatic rings. The van der Waals surface area contributed by atoms with E-state index in [2.05, 4.69) is 10.3 Å². The van der Waals surface area contributed by atoms with Crippen molar-refractivity contribution >= 4 is 60.5 Å². The molecule has 0 saturated heterocycles. The molecule has 0 saturated carbocycles. The normalized spacial score (nSPS) is 14.4. The smallest absolute Gasteiger partial charge is 0.486 e. The number of benzene rings is 2. The van der Waals surface area contributed by atoms with E-state index in [1.165, 1.54) is 6.92 Å². The van der Waals surface area contributed by atoms with Crippen LogP contribution in [-0.2, 0) is 24.4 Å². The number of sulfonamides is 1. The van der Waals surface area contributed by atoms with Gasteiger partial charge in [0.05, 0.1) is 5.02 Å². The highest BCUT2D eigenvalue weighted by Gasteiger charge is 2.48. The maximum atomic E-state index is 14.1. The molecule has 3 aromatic rings. The van der Waals surface area contributed by atoms with E-state index in [0.717, 1.165) is 11.3 Å². The number of sulfone groups is 1. The number of fused-ring (bicyclic) bond motifs is 1. The van der Waals surface area contributed by atoms with Gasteiger partial charge in [-0.15, -0.1) is 11.3 Å². The Kier molecular flexibility index (Phi) is 8.75. The summed E-state index contributed by atoms with van der Waals surface area (Å²) in [7, 11) is -15.3. The van der Waals surface area contributed by atoms with Crippen molar-refractivity contribution in [1.82, 2.24) is 4.72 Å². The second-order valence-corrected chi connectivity index (χ2v) is 14.6. The lowest BCUT2D eigenvalue weighted by Gasteiger charge is -2.15. The second kappa shape index (κ2) is 10.9. The average molecular weight is 642 g/mol. The van der Waals surface area contributed by atoms with Crippen LogP contribution in [0.5, 0.6) is 11.5 Å². The van der Waals surface area contributed by atoms with Crippen LogP contribution in [0.1, 0.15) is 5.56 Å². The Bertz CT molecular complexity index is 1650. The number of quaternary nitrogens is 1. The number of hydrogen-bond donors (Lipinski definition) is 3. The monoisotopic (exact) mass is 641 g/mol. The lowest BCUT2D eigenvalue weighted by molar-refractivity contribution is -0.370. The first-order valence-corrected chi connectivity index (χ1v) is 16.1. The third kappa shape index (κ3) is 6.25. The summed E-state index contributed by atoms with van der Waals surface area (Å²) in [6.45, 7) is 2.21. The highest BCUT2D eigenvalue weighted by Crippen LogP contribution is 2.45. The van der Waals surface area contributed by atoms with Crippen LogP contribution in [0.15, 0.2) is 39.4 Å². The van der Waals surface area contributed by atoms with Crippen LogP contribution < -0.4 is 19.7 Å². The van der Waals surface area contributed by atoms with E-state index >= 15 is 0 Å². The van der Waals surface area contributed by atoms with Crippen molar-refractivity contribution in [2.45, 2.75) is 21.5 Å². The van der Waals surface area contributed by atoms with Crippen molar-refractivity contribution in [2.24, 2.45) is 0 Å². The van der Waals surface area contributed by atoms with Gasteiger partial charge in [-0.2, -0.15) is 17.9 Å². The molecule has 1 heterocycles. The van der Waals surface area contributed by atoms with E-state index < -0.39 is 55.7 Å². The van der Waals surface area contributed by atoms with Crippen LogP contribution in [0.25, 0.3) is 10.1 Å². The molecular formula is C19H19ClF4N2O8PS3+. The van der Waals surface area contributed by atoms with Gasteiger partial charge in [0.1, 0.15) is 45.9 Å². The van der Waals surface area contributed by atoms with Crippen molar-refractivity contribution in [3.05, 3.63) is 46.7 Å². The van der Waals surface area contributed by atoms with E-state index in [4.69, 9.17) is 16.3 Å². The van der Waals surface area contributed by atoms with Gasteiger partial charge in [-0.1, -0.05) is 11.6 Å². The van der Waals surface area contributed by atoms with Crippen molar-refractivity contribution in [2.75, 3.05) is 19.4 Å².